The van der Waals surface area contributed by atoms with E-state index in [1.807, 2.05) is 11.6 Å². The number of sulfone groups is 1. The summed E-state index contributed by atoms with van der Waals surface area (Å²) < 4.78 is 30.3. The van der Waals surface area contributed by atoms with Gasteiger partial charge in [-0.2, -0.15) is 0 Å². The van der Waals surface area contributed by atoms with Crippen molar-refractivity contribution in [2.75, 3.05) is 19.9 Å². The molecule has 0 bridgehead atoms. The SMILES string of the molecule is COC(CN)Cc1nc2cc(S(C)(=O)=O)ccc2n1C. The second-order valence-electron chi connectivity index (χ2n) is 4.81. The van der Waals surface area contributed by atoms with Crippen LogP contribution in [0.25, 0.3) is 11.0 Å². The summed E-state index contributed by atoms with van der Waals surface area (Å²) in [4.78, 5) is 4.76. The molecule has 2 rings (SSSR count). The second kappa shape index (κ2) is 5.51. The maximum atomic E-state index is 11.6. The highest BCUT2D eigenvalue weighted by Gasteiger charge is 2.15. The van der Waals surface area contributed by atoms with Crippen LogP contribution in [-0.2, 0) is 28.0 Å². The minimum Gasteiger partial charge on any atom is -0.380 e. The molecule has 0 fully saturated rings. The number of nitrogens with two attached hydrogens (primary N) is 1. The first-order chi connectivity index (χ1) is 9.36. The number of aromatic nitrogens is 2. The molecule has 0 spiro atoms. The average molecular weight is 297 g/mol. The summed E-state index contributed by atoms with van der Waals surface area (Å²) in [6, 6.07) is 4.96. The average Bonchev–Trinajstić information content (AvgIpc) is 2.71. The maximum absolute atomic E-state index is 11.6. The van der Waals surface area contributed by atoms with Crippen LogP contribution in [0, 0.1) is 0 Å². The van der Waals surface area contributed by atoms with E-state index in [0.717, 1.165) is 11.3 Å². The minimum absolute atomic E-state index is 0.0973. The first-order valence-electron chi connectivity index (χ1n) is 6.25. The zero-order valence-corrected chi connectivity index (χ0v) is 12.6. The van der Waals surface area contributed by atoms with Gasteiger partial charge in [0.15, 0.2) is 9.84 Å². The molecule has 0 saturated carbocycles. The lowest BCUT2D eigenvalue weighted by Crippen LogP contribution is -2.25. The Morgan fingerprint density at radius 1 is 1.45 bits per heavy atom. The predicted octanol–water partition coefficient (Wildman–Crippen LogP) is 0.493. The van der Waals surface area contributed by atoms with Gasteiger partial charge in [-0.05, 0) is 18.2 Å². The molecule has 7 heteroatoms. The monoisotopic (exact) mass is 297 g/mol. The lowest BCUT2D eigenvalue weighted by molar-refractivity contribution is 0.108. The highest BCUT2D eigenvalue weighted by Crippen LogP contribution is 2.20. The number of methoxy groups -OCH3 is 1. The summed E-state index contributed by atoms with van der Waals surface area (Å²) >= 11 is 0. The second-order valence-corrected chi connectivity index (χ2v) is 6.82. The van der Waals surface area contributed by atoms with Crippen LogP contribution in [0.15, 0.2) is 23.1 Å². The number of ether oxygens (including phenoxy) is 1. The Hall–Kier alpha value is -1.44. The van der Waals surface area contributed by atoms with Crippen LogP contribution in [0.2, 0.25) is 0 Å². The van der Waals surface area contributed by atoms with Gasteiger partial charge in [0.1, 0.15) is 5.82 Å². The molecule has 1 aromatic carbocycles. The van der Waals surface area contributed by atoms with Crippen LogP contribution >= 0.6 is 0 Å². The van der Waals surface area contributed by atoms with Crippen LogP contribution in [0.5, 0.6) is 0 Å². The lowest BCUT2D eigenvalue weighted by Gasteiger charge is -2.12. The Labute approximate surface area is 118 Å². The van der Waals surface area contributed by atoms with Gasteiger partial charge in [0.25, 0.3) is 0 Å². The van der Waals surface area contributed by atoms with Crippen molar-refractivity contribution in [2.45, 2.75) is 17.4 Å². The molecule has 1 heterocycles. The molecule has 0 aliphatic heterocycles. The number of hydrogen-bond acceptors (Lipinski definition) is 5. The molecule has 2 N–H and O–H groups in total. The molecule has 1 atom stereocenters. The van der Waals surface area contributed by atoms with Crippen LogP contribution in [-0.4, -0.2) is 44.0 Å². The predicted molar refractivity (Wildman–Crippen MR) is 77.4 cm³/mol. The Balaban J connectivity index is 2.47. The van der Waals surface area contributed by atoms with Crippen molar-refractivity contribution in [1.29, 1.82) is 0 Å². The highest BCUT2D eigenvalue weighted by atomic mass is 32.2. The minimum atomic E-state index is -3.22. The molecular formula is C13H19N3O3S. The standard InChI is InChI=1S/C13H19N3O3S/c1-16-12-5-4-10(20(3,17)18)7-11(12)15-13(16)6-9(8-14)19-2/h4-5,7,9H,6,8,14H2,1-3H3. The van der Waals surface area contributed by atoms with Gasteiger partial charge >= 0.3 is 0 Å². The first kappa shape index (κ1) is 15.0. The van der Waals surface area contributed by atoms with E-state index in [2.05, 4.69) is 4.98 Å². The van der Waals surface area contributed by atoms with Crippen molar-refractivity contribution in [2.24, 2.45) is 12.8 Å². The topological polar surface area (TPSA) is 87.2 Å². The van der Waals surface area contributed by atoms with Gasteiger partial charge in [-0.25, -0.2) is 13.4 Å². The Kier molecular flexibility index (Phi) is 4.12. The van der Waals surface area contributed by atoms with E-state index < -0.39 is 9.84 Å². The molecule has 0 aliphatic rings. The van der Waals surface area contributed by atoms with E-state index in [1.54, 1.807) is 25.3 Å². The molecule has 6 nitrogen and oxygen atoms in total. The van der Waals surface area contributed by atoms with Gasteiger partial charge in [0, 0.05) is 33.4 Å². The maximum Gasteiger partial charge on any atom is 0.175 e. The Morgan fingerprint density at radius 2 is 2.15 bits per heavy atom. The van der Waals surface area contributed by atoms with Gasteiger partial charge in [-0.3, -0.25) is 0 Å². The molecule has 1 unspecified atom stereocenters. The van der Waals surface area contributed by atoms with Crippen molar-refractivity contribution in [3.8, 4) is 0 Å². The van der Waals surface area contributed by atoms with Crippen LogP contribution in [0.3, 0.4) is 0 Å². The van der Waals surface area contributed by atoms with Crippen molar-refractivity contribution >= 4 is 20.9 Å². The molecule has 20 heavy (non-hydrogen) atoms. The summed E-state index contributed by atoms with van der Waals surface area (Å²) in [5.74, 6) is 0.822. The molecule has 1 aromatic heterocycles. The normalized spacial score (nSPS) is 13.8. The molecule has 0 saturated heterocycles. The Morgan fingerprint density at radius 3 is 2.70 bits per heavy atom. The Bertz CT molecular complexity index is 718. The number of hydrogen-bond donors (Lipinski definition) is 1. The van der Waals surface area contributed by atoms with E-state index in [9.17, 15) is 8.42 Å². The van der Waals surface area contributed by atoms with Crippen LogP contribution in [0.1, 0.15) is 5.82 Å². The zero-order chi connectivity index (χ0) is 14.9. The van der Waals surface area contributed by atoms with Crippen molar-refractivity contribution in [3.05, 3.63) is 24.0 Å². The summed E-state index contributed by atoms with van der Waals surface area (Å²) in [7, 11) is 0.286. The third-order valence-electron chi connectivity index (χ3n) is 3.38. The zero-order valence-electron chi connectivity index (χ0n) is 11.8. The van der Waals surface area contributed by atoms with Gasteiger partial charge in [0.2, 0.25) is 0 Å². The lowest BCUT2D eigenvalue weighted by atomic mass is 10.2. The molecule has 0 radical (unpaired) electrons. The summed E-state index contributed by atoms with van der Waals surface area (Å²) in [6.07, 6.45) is 1.68. The smallest absolute Gasteiger partial charge is 0.175 e. The van der Waals surface area contributed by atoms with Crippen LogP contribution < -0.4 is 5.73 Å². The van der Waals surface area contributed by atoms with E-state index >= 15 is 0 Å². The van der Waals surface area contributed by atoms with E-state index in [0.29, 0.717) is 18.5 Å². The van der Waals surface area contributed by atoms with Gasteiger partial charge in [-0.1, -0.05) is 0 Å². The fraction of sp³-hybridized carbons (Fsp3) is 0.462. The van der Waals surface area contributed by atoms with Gasteiger partial charge < -0.3 is 15.0 Å². The molecular weight excluding hydrogens is 278 g/mol. The fourth-order valence-electron chi connectivity index (χ4n) is 2.11. The van der Waals surface area contributed by atoms with E-state index in [4.69, 9.17) is 10.5 Å². The number of rotatable bonds is 5. The molecule has 0 aliphatic carbocycles. The van der Waals surface area contributed by atoms with E-state index in [-0.39, 0.29) is 11.0 Å². The summed E-state index contributed by atoms with van der Waals surface area (Å²) in [5, 5.41) is 0. The number of aryl methyl sites for hydroxylation is 1. The number of imidazole rings is 1. The molecule has 110 valence electrons. The largest absolute Gasteiger partial charge is 0.380 e. The molecule has 0 amide bonds. The highest BCUT2D eigenvalue weighted by molar-refractivity contribution is 7.90. The number of fused-ring (bicyclic) bond motifs is 1. The third kappa shape index (κ3) is 2.84. The van der Waals surface area contributed by atoms with E-state index in [1.165, 1.54) is 6.26 Å². The van der Waals surface area contributed by atoms with Crippen molar-refractivity contribution in [1.82, 2.24) is 9.55 Å². The van der Waals surface area contributed by atoms with Crippen LogP contribution in [0.4, 0.5) is 0 Å². The third-order valence-corrected chi connectivity index (χ3v) is 4.49. The summed E-state index contributed by atoms with van der Waals surface area (Å²) in [5.41, 5.74) is 7.17. The molecule has 2 aromatic rings. The quantitative estimate of drug-likeness (QED) is 0.868. The number of benzene rings is 1. The fourth-order valence-corrected chi connectivity index (χ4v) is 2.75. The van der Waals surface area contributed by atoms with Crippen molar-refractivity contribution < 1.29 is 13.2 Å². The van der Waals surface area contributed by atoms with Crippen molar-refractivity contribution in [3.63, 3.8) is 0 Å². The summed E-state index contributed by atoms with van der Waals surface area (Å²) in [6.45, 7) is 0.411. The van der Waals surface area contributed by atoms with Gasteiger partial charge in [0.05, 0.1) is 22.0 Å². The van der Waals surface area contributed by atoms with Gasteiger partial charge in [-0.15, -0.1) is 0 Å². The number of nitrogens with zero attached hydrogens (tertiary/aromatic N) is 2. The first-order valence-corrected chi connectivity index (χ1v) is 8.14.